The van der Waals surface area contributed by atoms with Crippen molar-refractivity contribution in [2.24, 2.45) is 5.73 Å². The number of hydrogen-bond donors (Lipinski definition) is 3. The van der Waals surface area contributed by atoms with Gasteiger partial charge in [0.1, 0.15) is 17.6 Å². The molecule has 0 spiro atoms. The van der Waals surface area contributed by atoms with Gasteiger partial charge in [-0.05, 0) is 72.4 Å². The number of nitrogens with zero attached hydrogens (tertiary/aromatic N) is 1. The molecular formula is C21H23FN2O4. The zero-order chi connectivity index (χ0) is 20.6. The van der Waals surface area contributed by atoms with Gasteiger partial charge < -0.3 is 20.8 Å². The van der Waals surface area contributed by atoms with E-state index in [9.17, 15) is 24.2 Å². The van der Waals surface area contributed by atoms with Crippen molar-refractivity contribution in [3.05, 3.63) is 64.0 Å². The monoisotopic (exact) mass is 386 g/mol. The fourth-order valence-corrected chi connectivity index (χ4v) is 3.82. The van der Waals surface area contributed by atoms with Crippen LogP contribution in [0.2, 0.25) is 0 Å². The number of hydrogen-bond acceptors (Lipinski definition) is 4. The summed E-state index contributed by atoms with van der Waals surface area (Å²) in [6, 6.07) is 5.38. The summed E-state index contributed by atoms with van der Waals surface area (Å²) < 4.78 is 13.5. The van der Waals surface area contributed by atoms with Crippen LogP contribution in [0.5, 0.6) is 5.75 Å². The molecule has 0 saturated carbocycles. The third kappa shape index (κ3) is 3.84. The minimum absolute atomic E-state index is 0.0398. The van der Waals surface area contributed by atoms with E-state index >= 15 is 0 Å². The summed E-state index contributed by atoms with van der Waals surface area (Å²) in [6.07, 6.45) is 0.272. The Morgan fingerprint density at radius 1 is 1.21 bits per heavy atom. The van der Waals surface area contributed by atoms with E-state index in [1.165, 1.54) is 17.0 Å². The second kappa shape index (κ2) is 7.59. The molecule has 0 radical (unpaired) electrons. The van der Waals surface area contributed by atoms with E-state index in [4.69, 9.17) is 5.73 Å². The van der Waals surface area contributed by atoms with Gasteiger partial charge in [0.25, 0.3) is 0 Å². The molecule has 3 rings (SSSR count). The molecule has 2 atom stereocenters. The number of rotatable bonds is 4. The van der Waals surface area contributed by atoms with Crippen molar-refractivity contribution in [1.29, 1.82) is 0 Å². The van der Waals surface area contributed by atoms with Gasteiger partial charge in [0.2, 0.25) is 5.91 Å². The van der Waals surface area contributed by atoms with Crippen molar-refractivity contribution in [3.63, 3.8) is 0 Å². The average molecular weight is 386 g/mol. The molecule has 1 heterocycles. The molecule has 1 aliphatic rings. The van der Waals surface area contributed by atoms with Crippen LogP contribution >= 0.6 is 0 Å². The predicted molar refractivity (Wildman–Crippen MR) is 101 cm³/mol. The van der Waals surface area contributed by atoms with Gasteiger partial charge >= 0.3 is 5.97 Å². The van der Waals surface area contributed by atoms with Crippen LogP contribution in [-0.2, 0) is 29.0 Å². The number of phenols is 1. The Morgan fingerprint density at radius 2 is 1.86 bits per heavy atom. The summed E-state index contributed by atoms with van der Waals surface area (Å²) in [6.45, 7) is 3.72. The zero-order valence-corrected chi connectivity index (χ0v) is 15.8. The molecule has 6 nitrogen and oxygen atoms in total. The van der Waals surface area contributed by atoms with E-state index in [1.54, 1.807) is 18.2 Å². The number of aliphatic carboxylic acids is 1. The number of fused-ring (bicyclic) bond motifs is 1. The van der Waals surface area contributed by atoms with Crippen LogP contribution in [0.4, 0.5) is 4.39 Å². The highest BCUT2D eigenvalue weighted by Crippen LogP contribution is 2.26. The fraction of sp³-hybridized carbons (Fsp3) is 0.333. The van der Waals surface area contributed by atoms with Crippen molar-refractivity contribution >= 4 is 11.9 Å². The minimum Gasteiger partial charge on any atom is -0.508 e. The van der Waals surface area contributed by atoms with Crippen LogP contribution in [0, 0.1) is 19.7 Å². The molecule has 28 heavy (non-hydrogen) atoms. The second-order valence-electron chi connectivity index (χ2n) is 7.31. The highest BCUT2D eigenvalue weighted by Gasteiger charge is 2.36. The number of carboxylic acids is 1. The lowest BCUT2D eigenvalue weighted by Crippen LogP contribution is -2.54. The Morgan fingerprint density at radius 3 is 2.46 bits per heavy atom. The summed E-state index contributed by atoms with van der Waals surface area (Å²) in [5, 5.41) is 19.3. The SMILES string of the molecule is Cc1cc(O)cc(C)c1C[C@H](N)C(=O)N1Cc2ccc(F)cc2CC1C(=O)O. The lowest BCUT2D eigenvalue weighted by atomic mass is 9.91. The highest BCUT2D eigenvalue weighted by atomic mass is 19.1. The van der Waals surface area contributed by atoms with Crippen LogP contribution in [0.25, 0.3) is 0 Å². The molecule has 0 aliphatic carbocycles. The van der Waals surface area contributed by atoms with E-state index in [0.717, 1.165) is 22.3 Å². The Kier molecular flexibility index (Phi) is 5.38. The van der Waals surface area contributed by atoms with Crippen LogP contribution in [0.1, 0.15) is 27.8 Å². The highest BCUT2D eigenvalue weighted by molar-refractivity contribution is 5.88. The Labute approximate surface area is 162 Å². The summed E-state index contributed by atoms with van der Waals surface area (Å²) in [5.41, 5.74) is 9.95. The Bertz CT molecular complexity index is 921. The largest absolute Gasteiger partial charge is 0.508 e. The number of nitrogens with two attached hydrogens (primary N) is 1. The number of aromatic hydroxyl groups is 1. The van der Waals surface area contributed by atoms with Crippen LogP contribution in [0.15, 0.2) is 30.3 Å². The Balaban J connectivity index is 1.85. The topological polar surface area (TPSA) is 104 Å². The van der Waals surface area contributed by atoms with Gasteiger partial charge in [-0.3, -0.25) is 4.79 Å². The molecule has 0 fully saturated rings. The first-order valence-corrected chi connectivity index (χ1v) is 9.02. The van der Waals surface area contributed by atoms with Crippen LogP contribution in [0.3, 0.4) is 0 Å². The second-order valence-corrected chi connectivity index (χ2v) is 7.31. The number of carboxylic acid groups (broad SMARTS) is 1. The molecule has 1 aliphatic heterocycles. The maximum atomic E-state index is 13.5. The van der Waals surface area contributed by atoms with Gasteiger partial charge in [-0.15, -0.1) is 0 Å². The number of phenolic OH excluding ortho intramolecular Hbond substituents is 1. The molecule has 1 amide bonds. The summed E-state index contributed by atoms with van der Waals surface area (Å²) >= 11 is 0. The van der Waals surface area contributed by atoms with Crippen molar-refractivity contribution in [2.45, 2.75) is 45.3 Å². The summed E-state index contributed by atoms with van der Waals surface area (Å²) in [4.78, 5) is 26.0. The smallest absolute Gasteiger partial charge is 0.326 e. The number of aryl methyl sites for hydroxylation is 2. The van der Waals surface area contributed by atoms with E-state index in [0.29, 0.717) is 5.56 Å². The molecule has 2 aromatic carbocycles. The molecular weight excluding hydrogens is 363 g/mol. The number of benzene rings is 2. The van der Waals surface area contributed by atoms with Crippen molar-refractivity contribution < 1.29 is 24.2 Å². The standard InChI is InChI=1S/C21H23FN2O4/c1-11-5-16(25)6-12(2)17(11)9-18(23)20(26)24-10-13-3-4-15(22)7-14(13)8-19(24)21(27)28/h3-7,18-19,25H,8-10,23H2,1-2H3,(H,27,28)/t18-,19?/m0/s1. The zero-order valence-electron chi connectivity index (χ0n) is 15.8. The third-order valence-corrected chi connectivity index (χ3v) is 5.29. The first-order chi connectivity index (χ1) is 13.2. The molecule has 0 saturated heterocycles. The fourth-order valence-electron chi connectivity index (χ4n) is 3.82. The van der Waals surface area contributed by atoms with Crippen molar-refractivity contribution in [1.82, 2.24) is 4.90 Å². The van der Waals surface area contributed by atoms with Crippen molar-refractivity contribution in [3.8, 4) is 5.75 Å². The first-order valence-electron chi connectivity index (χ1n) is 9.02. The van der Waals surface area contributed by atoms with Crippen LogP contribution < -0.4 is 5.73 Å². The van der Waals surface area contributed by atoms with Gasteiger partial charge in [0.05, 0.1) is 6.04 Å². The molecule has 1 unspecified atom stereocenters. The van der Waals surface area contributed by atoms with E-state index < -0.39 is 29.8 Å². The van der Waals surface area contributed by atoms with Gasteiger partial charge in [-0.25, -0.2) is 9.18 Å². The van der Waals surface area contributed by atoms with E-state index in [-0.39, 0.29) is 25.1 Å². The molecule has 4 N–H and O–H groups in total. The maximum Gasteiger partial charge on any atom is 0.326 e. The molecule has 148 valence electrons. The molecule has 2 aromatic rings. The van der Waals surface area contributed by atoms with Crippen LogP contribution in [-0.4, -0.2) is 39.1 Å². The lowest BCUT2D eigenvalue weighted by Gasteiger charge is -2.36. The lowest BCUT2D eigenvalue weighted by molar-refractivity contribution is -0.152. The van der Waals surface area contributed by atoms with Gasteiger partial charge in [0.15, 0.2) is 0 Å². The van der Waals surface area contributed by atoms with Gasteiger partial charge in [-0.1, -0.05) is 6.07 Å². The minimum atomic E-state index is -1.15. The Hall–Kier alpha value is -2.93. The number of carbonyl (C=O) groups is 2. The number of amides is 1. The van der Waals surface area contributed by atoms with E-state index in [2.05, 4.69) is 0 Å². The predicted octanol–water partition coefficient (Wildman–Crippen LogP) is 2.06. The van der Waals surface area contributed by atoms with E-state index in [1.807, 2.05) is 13.8 Å². The molecule has 0 bridgehead atoms. The quantitative estimate of drug-likeness (QED) is 0.746. The molecule has 0 aromatic heterocycles. The van der Waals surface area contributed by atoms with Gasteiger partial charge in [0, 0.05) is 13.0 Å². The van der Waals surface area contributed by atoms with Gasteiger partial charge in [-0.2, -0.15) is 0 Å². The number of halogens is 1. The first kappa shape index (κ1) is 19.8. The maximum absolute atomic E-state index is 13.5. The average Bonchev–Trinajstić information content (AvgIpc) is 2.62. The van der Waals surface area contributed by atoms with Crippen molar-refractivity contribution in [2.75, 3.05) is 0 Å². The summed E-state index contributed by atoms with van der Waals surface area (Å²) in [7, 11) is 0. The third-order valence-electron chi connectivity index (χ3n) is 5.29. The number of carbonyl (C=O) groups excluding carboxylic acids is 1. The normalized spacial score (nSPS) is 17.1. The molecule has 7 heteroatoms. The summed E-state index contributed by atoms with van der Waals surface area (Å²) in [5.74, 6) is -1.90.